The molecule has 28 heavy (non-hydrogen) atoms. The van der Waals surface area contributed by atoms with Gasteiger partial charge in [0.05, 0.1) is 30.3 Å². The quantitative estimate of drug-likeness (QED) is 0.245. The molecule has 0 heterocycles. The van der Waals surface area contributed by atoms with Crippen molar-refractivity contribution in [2.75, 3.05) is 14.2 Å². The molecule has 0 aliphatic carbocycles. The first kappa shape index (κ1) is 20.3. The summed E-state index contributed by atoms with van der Waals surface area (Å²) >= 11 is 0. The number of hydrogen-bond donors (Lipinski definition) is 0. The van der Waals surface area contributed by atoms with E-state index in [1.165, 1.54) is 56.7 Å². The maximum atomic E-state index is 12.0. The minimum Gasteiger partial charge on any atom is -0.465 e. The average molecular weight is 385 g/mol. The van der Waals surface area contributed by atoms with Gasteiger partial charge in [0.1, 0.15) is 5.75 Å². The molecule has 0 fully saturated rings. The molecule has 0 unspecified atom stereocenters. The van der Waals surface area contributed by atoms with E-state index in [-0.39, 0.29) is 22.6 Å². The van der Waals surface area contributed by atoms with E-state index >= 15 is 0 Å². The molecule has 2 aromatic carbocycles. The van der Waals surface area contributed by atoms with Gasteiger partial charge < -0.3 is 14.2 Å². The number of non-ortho nitro benzene ring substituents is 1. The van der Waals surface area contributed by atoms with Crippen molar-refractivity contribution in [3.8, 4) is 5.75 Å². The number of rotatable bonds is 6. The first-order valence-corrected chi connectivity index (χ1v) is 7.80. The first-order chi connectivity index (χ1) is 13.3. The third kappa shape index (κ3) is 5.24. The molecule has 9 nitrogen and oxygen atoms in total. The summed E-state index contributed by atoms with van der Waals surface area (Å²) < 4.78 is 14.3. The summed E-state index contributed by atoms with van der Waals surface area (Å²) in [5, 5.41) is 10.8. The Kier molecular flexibility index (Phi) is 6.58. The Hall–Kier alpha value is -4.01. The fourth-order valence-corrected chi connectivity index (χ4v) is 2.19. The Balaban J connectivity index is 2.22. The van der Waals surface area contributed by atoms with Crippen molar-refractivity contribution >= 4 is 29.7 Å². The van der Waals surface area contributed by atoms with E-state index in [4.69, 9.17) is 4.74 Å². The van der Waals surface area contributed by atoms with E-state index in [1.807, 2.05) is 0 Å². The van der Waals surface area contributed by atoms with Crippen LogP contribution in [-0.4, -0.2) is 37.1 Å². The molecule has 0 saturated carbocycles. The summed E-state index contributed by atoms with van der Waals surface area (Å²) in [5.74, 6) is -2.34. The minimum absolute atomic E-state index is 0.00383. The molecule has 0 radical (unpaired) electrons. The second kappa shape index (κ2) is 9.08. The standard InChI is InChI=1S/C19H15NO8/c1-26-18(22)13-9-14(19(23)27-2)11-16(10-13)28-17(21)7-6-12-4-3-5-15(8-12)20(24)25/h3-11H,1-2H3/b7-6+. The number of nitro groups is 1. The van der Waals surface area contributed by atoms with Gasteiger partial charge in [-0.25, -0.2) is 14.4 Å². The van der Waals surface area contributed by atoms with Crippen LogP contribution in [0.1, 0.15) is 26.3 Å². The van der Waals surface area contributed by atoms with Crippen LogP contribution in [0.15, 0.2) is 48.5 Å². The largest absolute Gasteiger partial charge is 0.465 e. The first-order valence-electron chi connectivity index (χ1n) is 7.80. The Morgan fingerprint density at radius 2 is 1.57 bits per heavy atom. The van der Waals surface area contributed by atoms with Gasteiger partial charge in [-0.2, -0.15) is 0 Å². The van der Waals surface area contributed by atoms with Gasteiger partial charge in [-0.05, 0) is 29.8 Å². The van der Waals surface area contributed by atoms with Crippen molar-refractivity contribution in [1.29, 1.82) is 0 Å². The molecule has 2 aromatic rings. The summed E-state index contributed by atoms with van der Waals surface area (Å²) in [5.41, 5.74) is 0.292. The van der Waals surface area contributed by atoms with E-state index in [9.17, 15) is 24.5 Å². The van der Waals surface area contributed by atoms with Crippen molar-refractivity contribution in [2.24, 2.45) is 0 Å². The minimum atomic E-state index is -0.815. The molecule has 0 saturated heterocycles. The summed E-state index contributed by atoms with van der Waals surface area (Å²) in [6.07, 6.45) is 2.39. The molecule has 144 valence electrons. The van der Waals surface area contributed by atoms with E-state index in [0.29, 0.717) is 5.56 Å². The summed E-state index contributed by atoms with van der Waals surface area (Å²) in [6, 6.07) is 9.37. The number of carbonyl (C=O) groups is 3. The van der Waals surface area contributed by atoms with Crippen LogP contribution >= 0.6 is 0 Å². The molecule has 0 aromatic heterocycles. The van der Waals surface area contributed by atoms with Crippen LogP contribution < -0.4 is 4.74 Å². The third-order valence-corrected chi connectivity index (χ3v) is 3.46. The number of hydrogen-bond acceptors (Lipinski definition) is 8. The Bertz CT molecular complexity index is 930. The van der Waals surface area contributed by atoms with Crippen molar-refractivity contribution < 1.29 is 33.5 Å². The highest BCUT2D eigenvalue weighted by molar-refractivity contribution is 5.96. The molecular formula is C19H15NO8. The van der Waals surface area contributed by atoms with Crippen molar-refractivity contribution in [1.82, 2.24) is 0 Å². The summed E-state index contributed by atoms with van der Waals surface area (Å²) in [4.78, 5) is 45.7. The number of nitrogens with zero attached hydrogens (tertiary/aromatic N) is 1. The van der Waals surface area contributed by atoms with Crippen LogP contribution in [0.5, 0.6) is 5.75 Å². The average Bonchev–Trinajstić information content (AvgIpc) is 2.70. The van der Waals surface area contributed by atoms with Crippen LogP contribution in [-0.2, 0) is 14.3 Å². The molecule has 0 N–H and O–H groups in total. The van der Waals surface area contributed by atoms with Gasteiger partial charge in [-0.3, -0.25) is 10.1 Å². The molecule has 9 heteroatoms. The van der Waals surface area contributed by atoms with Crippen LogP contribution in [0.2, 0.25) is 0 Å². The zero-order valence-corrected chi connectivity index (χ0v) is 14.9. The number of benzene rings is 2. The fraction of sp³-hybridized carbons (Fsp3) is 0.105. The molecule has 2 rings (SSSR count). The second-order valence-corrected chi connectivity index (χ2v) is 5.34. The smallest absolute Gasteiger partial charge is 0.338 e. The van der Waals surface area contributed by atoms with Gasteiger partial charge >= 0.3 is 17.9 Å². The van der Waals surface area contributed by atoms with Crippen molar-refractivity contribution in [3.05, 3.63) is 75.3 Å². The SMILES string of the molecule is COC(=O)c1cc(OC(=O)/C=C/c2cccc([N+](=O)[O-])c2)cc(C(=O)OC)c1. The molecule has 0 aliphatic heterocycles. The van der Waals surface area contributed by atoms with Gasteiger partial charge in [0.2, 0.25) is 0 Å². The number of esters is 3. The van der Waals surface area contributed by atoms with Crippen LogP contribution in [0.4, 0.5) is 5.69 Å². The van der Waals surface area contributed by atoms with Gasteiger partial charge in [0.15, 0.2) is 0 Å². The molecular weight excluding hydrogens is 370 g/mol. The maximum Gasteiger partial charge on any atom is 0.338 e. The molecule has 0 bridgehead atoms. The summed E-state index contributed by atoms with van der Waals surface area (Å²) in [6.45, 7) is 0. The third-order valence-electron chi connectivity index (χ3n) is 3.46. The number of nitro benzene ring substituents is 1. The monoisotopic (exact) mass is 385 g/mol. The highest BCUT2D eigenvalue weighted by atomic mass is 16.6. The lowest BCUT2D eigenvalue weighted by Gasteiger charge is -2.07. The van der Waals surface area contributed by atoms with E-state index in [0.717, 1.165) is 6.08 Å². The number of carbonyl (C=O) groups excluding carboxylic acids is 3. The molecule has 0 amide bonds. The summed E-state index contributed by atoms with van der Waals surface area (Å²) in [7, 11) is 2.33. The molecule has 0 atom stereocenters. The van der Waals surface area contributed by atoms with Gasteiger partial charge in [0, 0.05) is 18.2 Å². The zero-order valence-electron chi connectivity index (χ0n) is 14.9. The lowest BCUT2D eigenvalue weighted by atomic mass is 10.1. The van der Waals surface area contributed by atoms with Gasteiger partial charge in [-0.1, -0.05) is 12.1 Å². The van der Waals surface area contributed by atoms with Crippen LogP contribution in [0.25, 0.3) is 6.08 Å². The van der Waals surface area contributed by atoms with E-state index in [2.05, 4.69) is 9.47 Å². The number of methoxy groups -OCH3 is 2. The topological polar surface area (TPSA) is 122 Å². The Morgan fingerprint density at radius 1 is 0.964 bits per heavy atom. The molecule has 0 aliphatic rings. The normalized spacial score (nSPS) is 10.4. The van der Waals surface area contributed by atoms with E-state index in [1.54, 1.807) is 6.07 Å². The Morgan fingerprint density at radius 3 is 2.11 bits per heavy atom. The Labute approximate surface area is 159 Å². The molecule has 0 spiro atoms. The second-order valence-electron chi connectivity index (χ2n) is 5.34. The fourth-order valence-electron chi connectivity index (χ4n) is 2.19. The maximum absolute atomic E-state index is 12.0. The van der Waals surface area contributed by atoms with Crippen molar-refractivity contribution in [2.45, 2.75) is 0 Å². The van der Waals surface area contributed by atoms with Crippen LogP contribution in [0, 0.1) is 10.1 Å². The zero-order chi connectivity index (χ0) is 20.7. The van der Waals surface area contributed by atoms with Crippen molar-refractivity contribution in [3.63, 3.8) is 0 Å². The van der Waals surface area contributed by atoms with E-state index < -0.39 is 22.8 Å². The lowest BCUT2D eigenvalue weighted by molar-refractivity contribution is -0.384. The van der Waals surface area contributed by atoms with Gasteiger partial charge in [0.25, 0.3) is 5.69 Å². The predicted molar refractivity (Wildman–Crippen MR) is 96.9 cm³/mol. The lowest BCUT2D eigenvalue weighted by Crippen LogP contribution is -2.09. The highest BCUT2D eigenvalue weighted by Crippen LogP contribution is 2.20. The predicted octanol–water partition coefficient (Wildman–Crippen LogP) is 2.79. The highest BCUT2D eigenvalue weighted by Gasteiger charge is 2.15. The number of ether oxygens (including phenoxy) is 3. The van der Waals surface area contributed by atoms with Crippen LogP contribution in [0.3, 0.4) is 0 Å². The van der Waals surface area contributed by atoms with Gasteiger partial charge in [-0.15, -0.1) is 0 Å².